The molecule has 0 aliphatic carbocycles. The van der Waals surface area contributed by atoms with Crippen molar-refractivity contribution < 1.29 is 18.4 Å². The van der Waals surface area contributed by atoms with Crippen LogP contribution in [0.5, 0.6) is 0 Å². The fourth-order valence-corrected chi connectivity index (χ4v) is 3.02. The molecule has 98 valence electrons. The van der Waals surface area contributed by atoms with Crippen molar-refractivity contribution in [3.63, 3.8) is 0 Å². The van der Waals surface area contributed by atoms with Gasteiger partial charge >= 0.3 is 7.60 Å². The second-order valence-corrected chi connectivity index (χ2v) is 5.48. The van der Waals surface area contributed by atoms with E-state index < -0.39 is 7.60 Å². The number of allylic oxidation sites excluding steroid dienone is 4. The first kappa shape index (κ1) is 16.3. The van der Waals surface area contributed by atoms with Gasteiger partial charge in [-0.3, -0.25) is 9.36 Å². The van der Waals surface area contributed by atoms with Crippen molar-refractivity contribution in [1.82, 2.24) is 0 Å². The highest BCUT2D eigenvalue weighted by Crippen LogP contribution is 2.57. The lowest BCUT2D eigenvalue weighted by atomic mass is 10.3. The third-order valence-electron chi connectivity index (χ3n) is 1.86. The molecule has 0 aromatic heterocycles. The molecular formula is C12H21O4P. The molecule has 0 fully saturated rings. The van der Waals surface area contributed by atoms with Gasteiger partial charge in [0.15, 0.2) is 0 Å². The summed E-state index contributed by atoms with van der Waals surface area (Å²) in [6.07, 6.45) is 5.24. The summed E-state index contributed by atoms with van der Waals surface area (Å²) in [5.41, 5.74) is 0. The summed E-state index contributed by atoms with van der Waals surface area (Å²) in [4.78, 5) is 11.2. The maximum atomic E-state index is 12.5. The molecule has 0 unspecified atom stereocenters. The van der Waals surface area contributed by atoms with Crippen molar-refractivity contribution in [3.8, 4) is 0 Å². The number of ketones is 1. The van der Waals surface area contributed by atoms with Crippen LogP contribution in [0, 0.1) is 0 Å². The van der Waals surface area contributed by atoms with Crippen LogP contribution in [-0.4, -0.2) is 19.0 Å². The highest BCUT2D eigenvalue weighted by atomic mass is 31.2. The average Bonchev–Trinajstić information content (AvgIpc) is 2.24. The molecule has 17 heavy (non-hydrogen) atoms. The number of Topliss-reactive ketones (excluding diaryl/α,β-unsaturated/α-hetero) is 1. The number of carbonyl (C=O) groups is 1. The first-order valence-electron chi connectivity index (χ1n) is 5.71. The van der Waals surface area contributed by atoms with Gasteiger partial charge in [-0.1, -0.05) is 18.2 Å². The van der Waals surface area contributed by atoms with Crippen molar-refractivity contribution in [2.75, 3.05) is 13.2 Å². The summed E-state index contributed by atoms with van der Waals surface area (Å²) in [5, 5.41) is 0.409. The number of rotatable bonds is 8. The summed E-state index contributed by atoms with van der Waals surface area (Å²) in [6, 6.07) is 0. The van der Waals surface area contributed by atoms with Crippen LogP contribution in [0.25, 0.3) is 0 Å². The standard InChI is InChI=1S/C12H21O4P/c1-5-8-9-12(10-11(4)13)17(14,15-6-2)16-7-3/h5,8-9H,6-7,10H2,1-4H3/b8-5+,12-9+. The Labute approximate surface area is 103 Å². The van der Waals surface area contributed by atoms with Gasteiger partial charge in [-0.2, -0.15) is 0 Å². The Kier molecular flexibility index (Phi) is 8.05. The molecule has 5 heteroatoms. The van der Waals surface area contributed by atoms with Gasteiger partial charge in [0.05, 0.1) is 13.2 Å². The lowest BCUT2D eigenvalue weighted by Gasteiger charge is -2.19. The molecule has 0 amide bonds. The van der Waals surface area contributed by atoms with E-state index >= 15 is 0 Å². The molecular weight excluding hydrogens is 239 g/mol. The summed E-state index contributed by atoms with van der Waals surface area (Å²) < 4.78 is 22.9. The third kappa shape index (κ3) is 5.97. The van der Waals surface area contributed by atoms with E-state index in [4.69, 9.17) is 9.05 Å². The monoisotopic (exact) mass is 260 g/mol. The topological polar surface area (TPSA) is 52.6 Å². The minimum atomic E-state index is -3.32. The quantitative estimate of drug-likeness (QED) is 0.493. The number of hydrogen-bond donors (Lipinski definition) is 0. The van der Waals surface area contributed by atoms with E-state index in [0.717, 1.165) is 0 Å². The molecule has 0 spiro atoms. The largest absolute Gasteiger partial charge is 0.357 e. The van der Waals surface area contributed by atoms with Crippen molar-refractivity contribution >= 4 is 13.4 Å². The molecule has 0 N–H and O–H groups in total. The lowest BCUT2D eigenvalue weighted by Crippen LogP contribution is -2.02. The maximum Gasteiger partial charge on any atom is 0.357 e. The van der Waals surface area contributed by atoms with E-state index in [1.807, 2.05) is 6.92 Å². The number of hydrogen-bond acceptors (Lipinski definition) is 4. The first-order chi connectivity index (χ1) is 8.00. The fraction of sp³-hybridized carbons (Fsp3) is 0.583. The van der Waals surface area contributed by atoms with Crippen LogP contribution in [0.1, 0.15) is 34.1 Å². The van der Waals surface area contributed by atoms with Gasteiger partial charge < -0.3 is 9.05 Å². The summed E-state index contributed by atoms with van der Waals surface area (Å²) in [5.74, 6) is -0.0691. The molecule has 0 heterocycles. The molecule has 0 atom stereocenters. The van der Waals surface area contributed by atoms with Crippen molar-refractivity contribution in [3.05, 3.63) is 23.5 Å². The smallest absolute Gasteiger partial charge is 0.306 e. The highest BCUT2D eigenvalue weighted by molar-refractivity contribution is 7.58. The third-order valence-corrected chi connectivity index (χ3v) is 4.07. The van der Waals surface area contributed by atoms with Gasteiger partial charge in [0.25, 0.3) is 0 Å². The fourth-order valence-electron chi connectivity index (χ4n) is 1.25. The minimum absolute atomic E-state index is 0.0691. The van der Waals surface area contributed by atoms with Crippen molar-refractivity contribution in [2.24, 2.45) is 0 Å². The first-order valence-corrected chi connectivity index (χ1v) is 7.25. The minimum Gasteiger partial charge on any atom is -0.306 e. The molecule has 0 rings (SSSR count). The average molecular weight is 260 g/mol. The Morgan fingerprint density at radius 2 is 1.76 bits per heavy atom. The van der Waals surface area contributed by atoms with Gasteiger partial charge in [0.2, 0.25) is 0 Å². The van der Waals surface area contributed by atoms with Crippen molar-refractivity contribution in [1.29, 1.82) is 0 Å². The Balaban J connectivity index is 5.20. The van der Waals surface area contributed by atoms with Gasteiger partial charge in [-0.15, -0.1) is 0 Å². The Hall–Kier alpha value is -0.700. The van der Waals surface area contributed by atoms with E-state index in [-0.39, 0.29) is 25.4 Å². The summed E-state index contributed by atoms with van der Waals surface area (Å²) in [7, 11) is -3.32. The van der Waals surface area contributed by atoms with Crippen LogP contribution in [0.4, 0.5) is 0 Å². The molecule has 0 aliphatic rings. The molecule has 4 nitrogen and oxygen atoms in total. The molecule has 0 aliphatic heterocycles. The molecule has 0 bridgehead atoms. The van der Waals surface area contributed by atoms with Crippen molar-refractivity contribution in [2.45, 2.75) is 34.1 Å². The predicted octanol–water partition coefficient (Wildman–Crippen LogP) is 3.69. The van der Waals surface area contributed by atoms with E-state index in [1.54, 1.807) is 32.1 Å². The van der Waals surface area contributed by atoms with Gasteiger partial charge in [0.1, 0.15) is 5.78 Å². The van der Waals surface area contributed by atoms with E-state index in [0.29, 0.717) is 5.31 Å². The zero-order valence-corrected chi connectivity index (χ0v) is 11.8. The Morgan fingerprint density at radius 3 is 2.12 bits per heavy atom. The van der Waals surface area contributed by atoms with Crippen LogP contribution < -0.4 is 0 Å². The second kappa shape index (κ2) is 8.40. The molecule has 0 aromatic carbocycles. The number of carbonyl (C=O) groups excluding carboxylic acids is 1. The lowest BCUT2D eigenvalue weighted by molar-refractivity contribution is -0.116. The SMILES string of the molecule is C/C=C/C=C(\CC(C)=O)P(=O)(OCC)OCC. The Morgan fingerprint density at radius 1 is 1.24 bits per heavy atom. The van der Waals surface area contributed by atoms with Crippen LogP contribution in [0.3, 0.4) is 0 Å². The van der Waals surface area contributed by atoms with E-state index in [1.165, 1.54) is 6.92 Å². The van der Waals surface area contributed by atoms with Gasteiger partial charge in [-0.05, 0) is 27.7 Å². The molecule has 0 aromatic rings. The maximum absolute atomic E-state index is 12.5. The van der Waals surface area contributed by atoms with Gasteiger partial charge in [-0.25, -0.2) is 0 Å². The molecule has 0 saturated heterocycles. The second-order valence-electron chi connectivity index (χ2n) is 3.40. The summed E-state index contributed by atoms with van der Waals surface area (Å²) in [6.45, 7) is 7.34. The van der Waals surface area contributed by atoms with Gasteiger partial charge in [0, 0.05) is 11.7 Å². The van der Waals surface area contributed by atoms with E-state index in [2.05, 4.69) is 0 Å². The zero-order chi connectivity index (χ0) is 13.3. The van der Waals surface area contributed by atoms with Crippen LogP contribution in [0.2, 0.25) is 0 Å². The van der Waals surface area contributed by atoms with Crippen LogP contribution in [0.15, 0.2) is 23.5 Å². The van der Waals surface area contributed by atoms with E-state index in [9.17, 15) is 9.36 Å². The highest BCUT2D eigenvalue weighted by Gasteiger charge is 2.29. The molecule has 0 radical (unpaired) electrons. The predicted molar refractivity (Wildman–Crippen MR) is 69.1 cm³/mol. The molecule has 0 saturated carbocycles. The zero-order valence-electron chi connectivity index (χ0n) is 10.9. The normalized spacial score (nSPS) is 13.3. The summed E-state index contributed by atoms with van der Waals surface area (Å²) >= 11 is 0. The van der Waals surface area contributed by atoms with Crippen LogP contribution >= 0.6 is 7.60 Å². The Bertz CT molecular complexity index is 334. The van der Waals surface area contributed by atoms with Crippen LogP contribution in [-0.2, 0) is 18.4 Å².